The van der Waals surface area contributed by atoms with Crippen molar-refractivity contribution in [2.75, 3.05) is 54.4 Å². The SMILES string of the molecule is CCOC(=O)C=C=S(C)(=O)c1ccc(Nc2ncc(-c3ccc(NC(=O)Nc4cc(C(F)(F)F)ccc4F)c(F)c3)c(NCCOC)n2)cc1. The molecule has 17 heteroatoms. The van der Waals surface area contributed by atoms with Gasteiger partial charge in [0.25, 0.3) is 0 Å². The van der Waals surface area contributed by atoms with Gasteiger partial charge in [0.1, 0.15) is 17.5 Å². The van der Waals surface area contributed by atoms with E-state index in [4.69, 9.17) is 9.47 Å². The van der Waals surface area contributed by atoms with Crippen LogP contribution in [0.2, 0.25) is 0 Å². The Balaban J connectivity index is 1.53. The fourth-order valence-electron chi connectivity index (χ4n) is 4.26. The highest BCUT2D eigenvalue weighted by atomic mass is 32.2. The number of nitrogens with zero attached hydrogens (tertiary/aromatic N) is 2. The lowest BCUT2D eigenvalue weighted by atomic mass is 10.1. The second-order valence-corrected chi connectivity index (χ2v) is 12.7. The minimum Gasteiger partial charge on any atom is -0.462 e. The number of carbonyl (C=O) groups excluding carboxylic acids is 2. The molecule has 0 spiro atoms. The molecule has 0 aliphatic heterocycles. The average molecular weight is 719 g/mol. The lowest BCUT2D eigenvalue weighted by molar-refractivity contribution is -0.138. The molecule has 0 aliphatic carbocycles. The Bertz CT molecular complexity index is 2030. The summed E-state index contributed by atoms with van der Waals surface area (Å²) in [6, 6.07) is 10.6. The van der Waals surface area contributed by atoms with Gasteiger partial charge in [-0.2, -0.15) is 18.2 Å². The minimum atomic E-state index is -4.77. The van der Waals surface area contributed by atoms with Crippen LogP contribution in [-0.4, -0.2) is 64.3 Å². The number of hydrogen-bond donors (Lipinski definition) is 4. The van der Waals surface area contributed by atoms with Gasteiger partial charge >= 0.3 is 18.2 Å². The molecule has 1 heterocycles. The summed E-state index contributed by atoms with van der Waals surface area (Å²) in [5.41, 5.74) is -1.03. The number of aromatic nitrogens is 2. The molecule has 0 aliphatic rings. The highest BCUT2D eigenvalue weighted by Crippen LogP contribution is 2.33. The van der Waals surface area contributed by atoms with E-state index < -0.39 is 50.6 Å². The van der Waals surface area contributed by atoms with E-state index in [0.29, 0.717) is 58.9 Å². The number of methoxy groups -OCH3 is 1. The second-order valence-electron chi connectivity index (χ2n) is 10.3. The van der Waals surface area contributed by atoms with Crippen LogP contribution < -0.4 is 21.3 Å². The molecule has 1 unspecified atom stereocenters. The number of rotatable bonds is 12. The summed E-state index contributed by atoms with van der Waals surface area (Å²) in [7, 11) is -1.29. The zero-order valence-corrected chi connectivity index (χ0v) is 27.6. The highest BCUT2D eigenvalue weighted by molar-refractivity contribution is 8.00. The molecule has 4 rings (SSSR count). The summed E-state index contributed by atoms with van der Waals surface area (Å²) in [5.74, 6) is -2.22. The van der Waals surface area contributed by atoms with Crippen molar-refractivity contribution < 1.29 is 45.2 Å². The Kier molecular flexibility index (Phi) is 12.1. The normalized spacial score (nSPS) is 12.2. The molecular formula is C33H31F5N6O5S. The number of halogens is 5. The van der Waals surface area contributed by atoms with E-state index in [1.54, 1.807) is 31.2 Å². The first kappa shape index (κ1) is 37.3. The molecule has 0 bridgehead atoms. The molecule has 1 aromatic heterocycles. The zero-order valence-electron chi connectivity index (χ0n) is 26.8. The third-order valence-corrected chi connectivity index (χ3v) is 8.45. The molecule has 50 heavy (non-hydrogen) atoms. The van der Waals surface area contributed by atoms with Crippen LogP contribution in [0.3, 0.4) is 0 Å². The van der Waals surface area contributed by atoms with E-state index in [-0.39, 0.29) is 18.2 Å². The predicted octanol–water partition coefficient (Wildman–Crippen LogP) is 6.68. The van der Waals surface area contributed by atoms with Crippen LogP contribution in [0.1, 0.15) is 12.5 Å². The van der Waals surface area contributed by atoms with Crippen molar-refractivity contribution in [3.05, 3.63) is 90.1 Å². The quantitative estimate of drug-likeness (QED) is 0.0415. The largest absolute Gasteiger partial charge is 0.462 e. The summed E-state index contributed by atoms with van der Waals surface area (Å²) >= 11 is 0. The molecule has 264 valence electrons. The maximum atomic E-state index is 15.2. The number of esters is 1. The lowest BCUT2D eigenvalue weighted by Gasteiger charge is -2.15. The molecule has 4 N–H and O–H groups in total. The van der Waals surface area contributed by atoms with Crippen LogP contribution in [-0.2, 0) is 30.0 Å². The van der Waals surface area contributed by atoms with Crippen LogP contribution in [0.25, 0.3) is 11.1 Å². The minimum absolute atomic E-state index is 0.157. The van der Waals surface area contributed by atoms with Gasteiger partial charge in [-0.25, -0.2) is 23.4 Å². The van der Waals surface area contributed by atoms with Crippen molar-refractivity contribution in [1.29, 1.82) is 0 Å². The molecule has 3 aromatic carbocycles. The average Bonchev–Trinajstić information content (AvgIpc) is 3.06. The number of hydrogen-bond acceptors (Lipinski definition) is 9. The van der Waals surface area contributed by atoms with Crippen LogP contribution in [0.15, 0.2) is 77.8 Å². The fourth-order valence-corrected chi connectivity index (χ4v) is 5.37. The first-order valence-corrected chi connectivity index (χ1v) is 16.6. The number of anilines is 5. The Morgan fingerprint density at radius 2 is 1.70 bits per heavy atom. The van der Waals surface area contributed by atoms with E-state index in [0.717, 1.165) is 12.1 Å². The van der Waals surface area contributed by atoms with Gasteiger partial charge in [-0.15, -0.1) is 0 Å². The molecule has 0 saturated carbocycles. The van der Waals surface area contributed by atoms with Crippen LogP contribution in [0.5, 0.6) is 0 Å². The number of alkyl halides is 3. The van der Waals surface area contributed by atoms with E-state index >= 15 is 4.39 Å². The number of benzene rings is 3. The maximum Gasteiger partial charge on any atom is 0.416 e. The van der Waals surface area contributed by atoms with Gasteiger partial charge < -0.3 is 30.7 Å². The van der Waals surface area contributed by atoms with Crippen LogP contribution in [0.4, 0.5) is 55.6 Å². The van der Waals surface area contributed by atoms with Gasteiger partial charge in [0, 0.05) is 51.8 Å². The fraction of sp³-hybridized carbons (Fsp3) is 0.212. The second kappa shape index (κ2) is 16.3. The summed E-state index contributed by atoms with van der Waals surface area (Å²) in [6.45, 7) is 2.46. The maximum absolute atomic E-state index is 15.2. The first-order chi connectivity index (χ1) is 23.7. The summed E-state index contributed by atoms with van der Waals surface area (Å²) in [4.78, 5) is 33.2. The van der Waals surface area contributed by atoms with Crippen molar-refractivity contribution in [3.63, 3.8) is 0 Å². The lowest BCUT2D eigenvalue weighted by Crippen LogP contribution is -2.21. The molecule has 0 fully saturated rings. The number of ether oxygens (including phenoxy) is 2. The van der Waals surface area contributed by atoms with Crippen molar-refractivity contribution in [2.45, 2.75) is 18.0 Å². The molecule has 11 nitrogen and oxygen atoms in total. The highest BCUT2D eigenvalue weighted by Gasteiger charge is 2.31. The number of nitrogens with one attached hydrogen (secondary N) is 4. The Labute approximate surface area is 283 Å². The summed E-state index contributed by atoms with van der Waals surface area (Å²) in [5, 5.41) is 12.8. The molecule has 0 radical (unpaired) electrons. The van der Waals surface area contributed by atoms with E-state index in [1.807, 2.05) is 5.32 Å². The third-order valence-electron chi connectivity index (χ3n) is 6.71. The smallest absolute Gasteiger partial charge is 0.416 e. The first-order valence-electron chi connectivity index (χ1n) is 14.7. The number of carbonyl (C=O) groups is 2. The van der Waals surface area contributed by atoms with Crippen LogP contribution in [0, 0.1) is 11.6 Å². The number of amides is 2. The van der Waals surface area contributed by atoms with Crippen molar-refractivity contribution in [3.8, 4) is 11.1 Å². The van der Waals surface area contributed by atoms with Gasteiger partial charge in [-0.05, 0) is 72.1 Å². The Morgan fingerprint density at radius 3 is 2.36 bits per heavy atom. The van der Waals surface area contributed by atoms with Crippen molar-refractivity contribution in [2.24, 2.45) is 0 Å². The molecule has 2 amide bonds. The Hall–Kier alpha value is -5.51. The van der Waals surface area contributed by atoms with Gasteiger partial charge in [0.2, 0.25) is 5.95 Å². The molecular weight excluding hydrogens is 687 g/mol. The monoisotopic (exact) mass is 718 g/mol. The Morgan fingerprint density at radius 1 is 0.980 bits per heavy atom. The van der Waals surface area contributed by atoms with Gasteiger partial charge in [0.15, 0.2) is 0 Å². The zero-order chi connectivity index (χ0) is 36.5. The molecule has 4 aromatic rings. The van der Waals surface area contributed by atoms with Gasteiger partial charge in [-0.3, -0.25) is 4.21 Å². The summed E-state index contributed by atoms with van der Waals surface area (Å²) in [6.07, 6.45) is -0.897. The van der Waals surface area contributed by atoms with E-state index in [2.05, 4.69) is 30.9 Å². The predicted molar refractivity (Wildman–Crippen MR) is 180 cm³/mol. The van der Waals surface area contributed by atoms with E-state index in [1.165, 1.54) is 31.7 Å². The standard InChI is InChI=1S/C33H31F5N6O5S/c1-4-49-29(45)13-16-50(3,47)23-9-7-22(8-10-23)41-31-40-19-24(30(44-31)39-14-15-48-2)20-5-12-27(26(35)17-20)42-32(46)43-28-18-21(33(36,37)38)6-11-25(28)34/h5-13,17-19H,4,14-15H2,1-3H3,(H2,42,43,46)(H2,39,40,41,44). The third kappa shape index (κ3) is 10.0. The molecule has 0 saturated heterocycles. The van der Waals surface area contributed by atoms with Crippen molar-refractivity contribution >= 4 is 55.4 Å². The molecule has 1 atom stereocenters. The topological polar surface area (TPSA) is 144 Å². The number of urea groups is 1. The van der Waals surface area contributed by atoms with Crippen molar-refractivity contribution in [1.82, 2.24) is 9.97 Å². The van der Waals surface area contributed by atoms with Crippen LogP contribution >= 0.6 is 0 Å². The van der Waals surface area contributed by atoms with Gasteiger partial charge in [0.05, 0.1) is 36.2 Å². The summed E-state index contributed by atoms with van der Waals surface area (Å²) < 4.78 is 91.2. The van der Waals surface area contributed by atoms with E-state index in [9.17, 15) is 31.4 Å². The van der Waals surface area contributed by atoms with Gasteiger partial charge in [-0.1, -0.05) is 6.07 Å².